The van der Waals surface area contributed by atoms with Crippen LogP contribution >= 0.6 is 35.6 Å². The zero-order chi connectivity index (χ0) is 18.8. The van der Waals surface area contributed by atoms with Crippen LogP contribution in [0.2, 0.25) is 5.15 Å². The van der Waals surface area contributed by atoms with Crippen molar-refractivity contribution in [3.8, 4) is 11.5 Å². The molecule has 8 heteroatoms. The van der Waals surface area contributed by atoms with E-state index in [9.17, 15) is 0 Å². The number of methoxy groups -OCH3 is 1. The van der Waals surface area contributed by atoms with E-state index in [0.29, 0.717) is 18.3 Å². The van der Waals surface area contributed by atoms with Crippen LogP contribution in [0, 0.1) is 0 Å². The Hall–Kier alpha value is -1.74. The van der Waals surface area contributed by atoms with Crippen LogP contribution in [0.3, 0.4) is 0 Å². The van der Waals surface area contributed by atoms with Crippen LogP contribution in [0.4, 0.5) is 0 Å². The van der Waals surface area contributed by atoms with Crippen LogP contribution < -0.4 is 20.1 Å². The molecule has 27 heavy (non-hydrogen) atoms. The third-order valence-corrected chi connectivity index (χ3v) is 3.93. The standard InChI is InChI=1S/C19H25ClN4O2.HI/c1-4-26-16-7-5-15(11-17(16)25-3)13-24-19(21-2)22-10-9-14-6-8-18(20)23-12-14;/h5-8,11-12H,4,9-10,13H2,1-3H3,(H2,21,22,24);1H. The Kier molecular flexibility index (Phi) is 10.9. The van der Waals surface area contributed by atoms with Gasteiger partial charge >= 0.3 is 0 Å². The third kappa shape index (κ3) is 7.80. The quantitative estimate of drug-likeness (QED) is 0.249. The molecule has 0 unspecified atom stereocenters. The second-order valence-corrected chi connectivity index (χ2v) is 5.90. The number of nitrogens with zero attached hydrogens (tertiary/aromatic N) is 2. The highest BCUT2D eigenvalue weighted by atomic mass is 127. The molecular formula is C19H26ClIN4O2. The van der Waals surface area contributed by atoms with E-state index >= 15 is 0 Å². The summed E-state index contributed by atoms with van der Waals surface area (Å²) in [5, 5.41) is 7.08. The van der Waals surface area contributed by atoms with Crippen LogP contribution in [0.1, 0.15) is 18.1 Å². The third-order valence-electron chi connectivity index (χ3n) is 3.71. The van der Waals surface area contributed by atoms with Crippen LogP contribution in [-0.2, 0) is 13.0 Å². The number of ether oxygens (including phenoxy) is 2. The molecule has 0 spiro atoms. The summed E-state index contributed by atoms with van der Waals surface area (Å²) in [6.45, 7) is 3.93. The van der Waals surface area contributed by atoms with Crippen molar-refractivity contribution in [1.82, 2.24) is 15.6 Å². The summed E-state index contributed by atoms with van der Waals surface area (Å²) >= 11 is 5.79. The molecule has 0 aliphatic heterocycles. The van der Waals surface area contributed by atoms with E-state index in [1.165, 1.54) is 0 Å². The molecule has 0 atom stereocenters. The molecule has 1 heterocycles. The Bertz CT molecular complexity index is 726. The van der Waals surface area contributed by atoms with Crippen LogP contribution in [0.15, 0.2) is 41.5 Å². The molecule has 0 bridgehead atoms. The molecule has 2 N–H and O–H groups in total. The summed E-state index contributed by atoms with van der Waals surface area (Å²) in [6.07, 6.45) is 2.62. The molecule has 148 valence electrons. The summed E-state index contributed by atoms with van der Waals surface area (Å²) < 4.78 is 10.9. The zero-order valence-electron chi connectivity index (χ0n) is 15.8. The van der Waals surface area contributed by atoms with Gasteiger partial charge in [0.1, 0.15) is 5.15 Å². The normalized spacial score (nSPS) is 10.7. The van der Waals surface area contributed by atoms with Crippen molar-refractivity contribution in [1.29, 1.82) is 0 Å². The Morgan fingerprint density at radius 3 is 2.56 bits per heavy atom. The summed E-state index contributed by atoms with van der Waals surface area (Å²) in [7, 11) is 3.39. The number of hydrogen-bond donors (Lipinski definition) is 2. The largest absolute Gasteiger partial charge is 0.493 e. The van der Waals surface area contributed by atoms with Gasteiger partial charge in [0.2, 0.25) is 0 Å². The lowest BCUT2D eigenvalue weighted by Gasteiger charge is -2.14. The molecule has 1 aromatic carbocycles. The second kappa shape index (κ2) is 12.6. The van der Waals surface area contributed by atoms with Crippen molar-refractivity contribution >= 4 is 41.5 Å². The number of guanidine groups is 1. The molecule has 0 saturated carbocycles. The molecule has 0 radical (unpaired) electrons. The van der Waals surface area contributed by atoms with Crippen molar-refractivity contribution in [2.45, 2.75) is 19.9 Å². The molecule has 2 aromatic rings. The minimum Gasteiger partial charge on any atom is -0.493 e. The molecule has 0 aliphatic rings. The van der Waals surface area contributed by atoms with Gasteiger partial charge in [0.15, 0.2) is 17.5 Å². The summed E-state index contributed by atoms with van der Waals surface area (Å²) in [5.41, 5.74) is 2.20. The molecule has 0 aliphatic carbocycles. The molecule has 0 fully saturated rings. The number of nitrogens with one attached hydrogen (secondary N) is 2. The summed E-state index contributed by atoms with van der Waals surface area (Å²) in [5.74, 6) is 2.21. The molecule has 0 saturated heterocycles. The van der Waals surface area contributed by atoms with E-state index in [0.717, 1.165) is 41.6 Å². The lowest BCUT2D eigenvalue weighted by molar-refractivity contribution is 0.310. The first-order valence-corrected chi connectivity index (χ1v) is 8.88. The van der Waals surface area contributed by atoms with Crippen molar-refractivity contribution in [3.63, 3.8) is 0 Å². The van der Waals surface area contributed by atoms with E-state index < -0.39 is 0 Å². The minimum absolute atomic E-state index is 0. The highest BCUT2D eigenvalue weighted by molar-refractivity contribution is 14.0. The van der Waals surface area contributed by atoms with Gasteiger partial charge in [0, 0.05) is 26.3 Å². The highest BCUT2D eigenvalue weighted by Gasteiger charge is 2.06. The average Bonchev–Trinajstić information content (AvgIpc) is 2.67. The SMILES string of the molecule is CCOc1ccc(CNC(=NC)NCCc2ccc(Cl)nc2)cc1OC.I. The van der Waals surface area contributed by atoms with Crippen molar-refractivity contribution < 1.29 is 9.47 Å². The van der Waals surface area contributed by atoms with Gasteiger partial charge in [-0.25, -0.2) is 4.98 Å². The number of rotatable bonds is 8. The average molecular weight is 505 g/mol. The van der Waals surface area contributed by atoms with Gasteiger partial charge in [-0.1, -0.05) is 23.7 Å². The number of halogens is 2. The molecule has 6 nitrogen and oxygen atoms in total. The predicted octanol–water partition coefficient (Wildman–Crippen LogP) is 3.67. The highest BCUT2D eigenvalue weighted by Crippen LogP contribution is 2.27. The number of hydrogen-bond acceptors (Lipinski definition) is 4. The van der Waals surface area contributed by atoms with Gasteiger partial charge < -0.3 is 20.1 Å². The smallest absolute Gasteiger partial charge is 0.191 e. The van der Waals surface area contributed by atoms with Gasteiger partial charge in [-0.15, -0.1) is 24.0 Å². The monoisotopic (exact) mass is 504 g/mol. The Labute approximate surface area is 182 Å². The zero-order valence-corrected chi connectivity index (χ0v) is 18.9. The molecular weight excluding hydrogens is 479 g/mol. The maximum absolute atomic E-state index is 5.79. The lowest BCUT2D eigenvalue weighted by Crippen LogP contribution is -2.37. The lowest BCUT2D eigenvalue weighted by atomic mass is 10.2. The minimum atomic E-state index is 0. The number of pyridine rings is 1. The molecule has 1 aromatic heterocycles. The maximum Gasteiger partial charge on any atom is 0.191 e. The van der Waals surface area contributed by atoms with Gasteiger partial charge in [-0.3, -0.25) is 4.99 Å². The van der Waals surface area contributed by atoms with Gasteiger partial charge in [-0.2, -0.15) is 0 Å². The second-order valence-electron chi connectivity index (χ2n) is 5.51. The van der Waals surface area contributed by atoms with E-state index in [1.54, 1.807) is 26.4 Å². The van der Waals surface area contributed by atoms with Crippen LogP contribution in [0.5, 0.6) is 11.5 Å². The summed E-state index contributed by atoms with van der Waals surface area (Å²) in [6, 6.07) is 9.66. The predicted molar refractivity (Wildman–Crippen MR) is 121 cm³/mol. The fraction of sp³-hybridized carbons (Fsp3) is 0.368. The van der Waals surface area contributed by atoms with Gasteiger partial charge in [-0.05, 0) is 42.7 Å². The van der Waals surface area contributed by atoms with Crippen LogP contribution in [-0.4, -0.2) is 38.3 Å². The van der Waals surface area contributed by atoms with E-state index in [2.05, 4.69) is 20.6 Å². The Morgan fingerprint density at radius 2 is 1.93 bits per heavy atom. The van der Waals surface area contributed by atoms with E-state index in [4.69, 9.17) is 21.1 Å². The summed E-state index contributed by atoms with van der Waals surface area (Å²) in [4.78, 5) is 8.32. The van der Waals surface area contributed by atoms with Gasteiger partial charge in [0.25, 0.3) is 0 Å². The Morgan fingerprint density at radius 1 is 1.15 bits per heavy atom. The van der Waals surface area contributed by atoms with E-state index in [-0.39, 0.29) is 24.0 Å². The number of benzene rings is 1. The first-order valence-electron chi connectivity index (χ1n) is 8.51. The first kappa shape index (κ1) is 23.3. The van der Waals surface area contributed by atoms with Gasteiger partial charge in [0.05, 0.1) is 13.7 Å². The Balaban J connectivity index is 0.00000364. The van der Waals surface area contributed by atoms with Crippen molar-refractivity contribution in [3.05, 3.63) is 52.8 Å². The number of aromatic nitrogens is 1. The number of aliphatic imine (C=N–C) groups is 1. The fourth-order valence-electron chi connectivity index (χ4n) is 2.38. The topological polar surface area (TPSA) is 67.8 Å². The van der Waals surface area contributed by atoms with Crippen molar-refractivity contribution in [2.75, 3.05) is 27.3 Å². The molecule has 0 amide bonds. The van der Waals surface area contributed by atoms with E-state index in [1.807, 2.05) is 31.2 Å². The molecule has 2 rings (SSSR count). The first-order chi connectivity index (χ1) is 12.7. The van der Waals surface area contributed by atoms with Crippen LogP contribution in [0.25, 0.3) is 0 Å². The van der Waals surface area contributed by atoms with Crippen molar-refractivity contribution in [2.24, 2.45) is 4.99 Å². The maximum atomic E-state index is 5.79. The fourth-order valence-corrected chi connectivity index (χ4v) is 2.49.